The van der Waals surface area contributed by atoms with Gasteiger partial charge in [-0.2, -0.15) is 0 Å². The Bertz CT molecular complexity index is 2160. The maximum absolute atomic E-state index is 5.04. The number of thiophene rings is 3. The van der Waals surface area contributed by atoms with Crippen molar-refractivity contribution in [2.45, 2.75) is 13.8 Å². The molecule has 31 heavy (non-hydrogen) atoms. The van der Waals surface area contributed by atoms with E-state index in [2.05, 4.69) is 60.1 Å². The predicted molar refractivity (Wildman–Crippen MR) is 136 cm³/mol. The molecule has 0 radical (unpaired) electrons. The van der Waals surface area contributed by atoms with Gasteiger partial charge in [-0.05, 0) is 32.0 Å². The summed E-state index contributed by atoms with van der Waals surface area (Å²) in [7, 11) is 0. The molecule has 0 N–H and O–H groups in total. The largest absolute Gasteiger partial charge is 0.291 e. The van der Waals surface area contributed by atoms with Crippen molar-refractivity contribution in [3.63, 3.8) is 0 Å². The zero-order valence-corrected chi connectivity index (χ0v) is 19.2. The molecule has 4 nitrogen and oxygen atoms in total. The molecule has 7 aromatic heterocycles. The van der Waals surface area contributed by atoms with Crippen LogP contribution in [0.1, 0.15) is 9.75 Å². The second-order valence-corrected chi connectivity index (χ2v) is 11.7. The number of hydrogen-bond acceptors (Lipinski definition) is 5. The van der Waals surface area contributed by atoms with Crippen LogP contribution in [0.5, 0.6) is 0 Å². The van der Waals surface area contributed by atoms with Crippen molar-refractivity contribution in [2.24, 2.45) is 0 Å². The van der Waals surface area contributed by atoms with Crippen LogP contribution in [0.4, 0.5) is 0 Å². The Labute approximate surface area is 186 Å². The smallest absolute Gasteiger partial charge is 0.157 e. The number of hydrogen-bond donors (Lipinski definition) is 0. The van der Waals surface area contributed by atoms with Crippen LogP contribution in [0.3, 0.4) is 0 Å². The van der Waals surface area contributed by atoms with Gasteiger partial charge in [0.1, 0.15) is 15.3 Å². The average Bonchev–Trinajstić information content (AvgIpc) is 3.49. The summed E-state index contributed by atoms with van der Waals surface area (Å²) in [6.07, 6.45) is 0. The van der Waals surface area contributed by atoms with Gasteiger partial charge in [-0.15, -0.1) is 34.0 Å². The molecule has 0 saturated heterocycles. The van der Waals surface area contributed by atoms with Gasteiger partial charge in [-0.1, -0.05) is 19.2 Å². The van der Waals surface area contributed by atoms with Gasteiger partial charge in [0.2, 0.25) is 0 Å². The summed E-state index contributed by atoms with van der Waals surface area (Å²) in [6, 6.07) is 8.85. The zero-order valence-electron chi connectivity index (χ0n) is 16.7. The number of imidazole rings is 2. The average molecular weight is 455 g/mol. The third-order valence-electron chi connectivity index (χ3n) is 6.37. The molecule has 0 spiro atoms. The Morgan fingerprint density at radius 3 is 2.00 bits per heavy atom. The molecule has 7 heteroatoms. The third-order valence-corrected chi connectivity index (χ3v) is 9.48. The van der Waals surface area contributed by atoms with Gasteiger partial charge in [0.15, 0.2) is 5.65 Å². The Balaban J connectivity index is 1.72. The van der Waals surface area contributed by atoms with Crippen LogP contribution < -0.4 is 10.7 Å². The summed E-state index contributed by atoms with van der Waals surface area (Å²) >= 11 is 5.28. The van der Waals surface area contributed by atoms with Crippen molar-refractivity contribution >= 4 is 110 Å². The molecule has 0 aliphatic carbocycles. The zero-order chi connectivity index (χ0) is 20.8. The van der Waals surface area contributed by atoms with E-state index in [0.29, 0.717) is 0 Å². The minimum Gasteiger partial charge on any atom is -0.291 e. The van der Waals surface area contributed by atoms with E-state index in [1.807, 2.05) is 0 Å². The van der Waals surface area contributed by atoms with Crippen molar-refractivity contribution in [1.29, 1.82) is 0 Å². The quantitative estimate of drug-likeness (QED) is 0.271. The Hall–Kier alpha value is -3.00. The highest BCUT2D eigenvalue weighted by molar-refractivity contribution is 7.27. The molecule has 8 rings (SSSR count). The molecule has 7 heterocycles. The lowest BCUT2D eigenvalue weighted by Gasteiger charge is -2.07. The van der Waals surface area contributed by atoms with Crippen LogP contribution in [0.2, 0.25) is 0 Å². The second-order valence-electron chi connectivity index (χ2n) is 8.20. The van der Waals surface area contributed by atoms with Crippen molar-refractivity contribution in [1.82, 2.24) is 18.8 Å². The maximum atomic E-state index is 5.04. The number of pyridine rings is 2. The van der Waals surface area contributed by atoms with E-state index in [1.54, 1.807) is 34.0 Å². The number of nitrogens with zero attached hydrogens (tertiary/aromatic N) is 4. The standard InChI is InChI=1S/C24H14N4S3/c1-9-7-15-24(30-9)26-22-20-17-13(11(3)27(15)22)5-6-14-18(17)19(31-20)12(4)28-16-8-10(2)29-23(16)25-21(14)28/h5-8H,3-4H2,1-2H3. The van der Waals surface area contributed by atoms with Gasteiger partial charge >= 0.3 is 0 Å². The van der Waals surface area contributed by atoms with E-state index in [0.717, 1.165) is 42.7 Å². The third kappa shape index (κ3) is 1.76. The molecule has 148 valence electrons. The molecule has 0 fully saturated rings. The van der Waals surface area contributed by atoms with E-state index in [1.165, 1.54) is 40.7 Å². The SMILES string of the molecule is C=c1c2sc3c4c(ccc(c24)c2nc4sc(C)cc4n12)c(=C)n1c2cc(C)sc2nc31. The van der Waals surface area contributed by atoms with Gasteiger partial charge in [-0.3, -0.25) is 8.80 Å². The second kappa shape index (κ2) is 5.07. The first-order valence-electron chi connectivity index (χ1n) is 9.98. The van der Waals surface area contributed by atoms with Gasteiger partial charge in [-0.25, -0.2) is 9.97 Å². The first-order chi connectivity index (χ1) is 15.0. The van der Waals surface area contributed by atoms with Crippen LogP contribution in [-0.4, -0.2) is 18.8 Å². The van der Waals surface area contributed by atoms with E-state index >= 15 is 0 Å². The highest BCUT2D eigenvalue weighted by Gasteiger charge is 2.23. The summed E-state index contributed by atoms with van der Waals surface area (Å²) in [4.78, 5) is 14.7. The molecule has 0 aliphatic heterocycles. The predicted octanol–water partition coefficient (Wildman–Crippen LogP) is 5.81. The highest BCUT2D eigenvalue weighted by atomic mass is 32.1. The minimum atomic E-state index is 0.991. The Kier molecular flexibility index (Phi) is 2.73. The van der Waals surface area contributed by atoms with E-state index < -0.39 is 0 Å². The number of rotatable bonds is 0. The van der Waals surface area contributed by atoms with Crippen molar-refractivity contribution in [2.75, 3.05) is 0 Å². The van der Waals surface area contributed by atoms with Gasteiger partial charge in [0, 0.05) is 36.6 Å². The summed E-state index contributed by atoms with van der Waals surface area (Å²) in [5.41, 5.74) is 4.29. The maximum Gasteiger partial charge on any atom is 0.157 e. The molecule has 0 unspecified atom stereocenters. The summed E-state index contributed by atoms with van der Waals surface area (Å²) < 4.78 is 6.88. The molecule has 1 aromatic carbocycles. The van der Waals surface area contributed by atoms with Crippen molar-refractivity contribution in [3.05, 3.63) is 44.7 Å². The van der Waals surface area contributed by atoms with Crippen LogP contribution in [0.15, 0.2) is 24.3 Å². The number of fused-ring (bicyclic) bond motifs is 8. The van der Waals surface area contributed by atoms with Crippen LogP contribution in [0, 0.1) is 13.8 Å². The summed E-state index contributed by atoms with van der Waals surface area (Å²) in [6.45, 7) is 13.3. The molecular formula is C24H14N4S3. The van der Waals surface area contributed by atoms with Crippen molar-refractivity contribution < 1.29 is 0 Å². The Morgan fingerprint density at radius 2 is 1.29 bits per heavy atom. The monoisotopic (exact) mass is 454 g/mol. The molecule has 0 bridgehead atoms. The fourth-order valence-electron chi connectivity index (χ4n) is 5.15. The van der Waals surface area contributed by atoms with E-state index in [4.69, 9.17) is 9.97 Å². The lowest BCUT2D eigenvalue weighted by molar-refractivity contribution is 1.20. The van der Waals surface area contributed by atoms with Crippen LogP contribution in [-0.2, 0) is 0 Å². The molecule has 0 amide bonds. The first kappa shape index (κ1) is 16.7. The van der Waals surface area contributed by atoms with Crippen molar-refractivity contribution in [3.8, 4) is 0 Å². The molecule has 8 aromatic rings. The van der Waals surface area contributed by atoms with E-state index in [-0.39, 0.29) is 0 Å². The molecule has 0 atom stereocenters. The minimum absolute atomic E-state index is 0.991. The Morgan fingerprint density at radius 1 is 0.710 bits per heavy atom. The molecular weight excluding hydrogens is 440 g/mol. The normalized spacial score (nSPS) is 13.1. The number of benzene rings is 1. The van der Waals surface area contributed by atoms with Crippen LogP contribution in [0.25, 0.3) is 76.1 Å². The van der Waals surface area contributed by atoms with Gasteiger partial charge < -0.3 is 0 Å². The van der Waals surface area contributed by atoms with Crippen LogP contribution >= 0.6 is 34.0 Å². The summed E-state index contributed by atoms with van der Waals surface area (Å²) in [5, 5.41) is 6.85. The number of aromatic nitrogens is 4. The van der Waals surface area contributed by atoms with E-state index in [9.17, 15) is 0 Å². The fourth-order valence-corrected chi connectivity index (χ4v) is 8.14. The topological polar surface area (TPSA) is 34.6 Å². The van der Waals surface area contributed by atoms with Gasteiger partial charge in [0.05, 0.1) is 25.8 Å². The summed E-state index contributed by atoms with van der Waals surface area (Å²) in [5.74, 6) is 0. The lowest BCUT2D eigenvalue weighted by atomic mass is 10.0. The lowest BCUT2D eigenvalue weighted by Crippen LogP contribution is -2.13. The van der Waals surface area contributed by atoms with Gasteiger partial charge in [0.25, 0.3) is 0 Å². The first-order valence-corrected chi connectivity index (χ1v) is 12.4. The molecule has 0 saturated carbocycles. The molecule has 0 aliphatic rings. The number of aryl methyl sites for hydroxylation is 2. The fraction of sp³-hybridized carbons (Fsp3) is 0.0833. The highest BCUT2D eigenvalue weighted by Crippen LogP contribution is 2.42.